The van der Waals surface area contributed by atoms with Crippen molar-refractivity contribution in [1.82, 2.24) is 0 Å². The normalized spacial score (nSPS) is 12.5. The average molecular weight is 333 g/mol. The monoisotopic (exact) mass is 333 g/mol. The molecule has 0 aromatic heterocycles. The molecule has 1 nitrogen and oxygen atoms in total. The Kier molecular flexibility index (Phi) is 4.58. The van der Waals surface area contributed by atoms with E-state index in [0.717, 1.165) is 24.3 Å². The molecule has 0 N–H and O–H groups in total. The first-order valence-corrected chi connectivity index (χ1v) is 6.43. The molecular weight excluding hydrogens is 322 g/mol. The molecule has 0 aliphatic heterocycles. The summed E-state index contributed by atoms with van der Waals surface area (Å²) in [7, 11) is 0. The van der Waals surface area contributed by atoms with E-state index in [1.165, 1.54) is 24.3 Å². The van der Waals surface area contributed by atoms with Crippen LogP contribution in [0.2, 0.25) is 0 Å². The summed E-state index contributed by atoms with van der Waals surface area (Å²) in [6.07, 6.45) is -9.18. The van der Waals surface area contributed by atoms with E-state index < -0.39 is 18.1 Å². The highest BCUT2D eigenvalue weighted by Crippen LogP contribution is 2.32. The summed E-state index contributed by atoms with van der Waals surface area (Å²) in [5, 5.41) is 0. The lowest BCUT2D eigenvalue weighted by Gasteiger charge is -2.14. The fraction of sp³-hybridized carbons (Fsp3) is 0.188. The van der Waals surface area contributed by atoms with E-state index in [9.17, 15) is 26.3 Å². The Morgan fingerprint density at radius 1 is 0.739 bits per heavy atom. The van der Waals surface area contributed by atoms with Crippen molar-refractivity contribution in [1.29, 1.82) is 0 Å². The maximum Gasteiger partial charge on any atom is 0.573 e. The molecule has 2 aromatic rings. The molecule has 2 rings (SSSR count). The molecule has 0 aliphatic rings. The molecule has 0 amide bonds. The standard InChI is InChI=1S/C16H11F6O/c1-10(11-2-6-13(7-3-11)15(17,18)19)12-4-8-14(9-5-12)23-16(20,21)22/h2-9H,1H3. The lowest BCUT2D eigenvalue weighted by atomic mass is 9.92. The minimum Gasteiger partial charge on any atom is -0.406 e. The lowest BCUT2D eigenvalue weighted by molar-refractivity contribution is -0.274. The first-order valence-electron chi connectivity index (χ1n) is 6.43. The SMILES string of the molecule is C[C](c1ccc(OC(F)(F)F)cc1)c1ccc(C(F)(F)F)cc1. The summed E-state index contributed by atoms with van der Waals surface area (Å²) >= 11 is 0. The van der Waals surface area contributed by atoms with Crippen molar-refractivity contribution in [2.75, 3.05) is 0 Å². The smallest absolute Gasteiger partial charge is 0.406 e. The maximum atomic E-state index is 12.5. The minimum atomic E-state index is -4.77. The van der Waals surface area contributed by atoms with Gasteiger partial charge in [-0.3, -0.25) is 0 Å². The van der Waals surface area contributed by atoms with Crippen LogP contribution in [0.4, 0.5) is 26.3 Å². The molecule has 123 valence electrons. The van der Waals surface area contributed by atoms with Crippen LogP contribution in [0.15, 0.2) is 48.5 Å². The second kappa shape index (κ2) is 6.14. The molecular formula is C16H11F6O. The third kappa shape index (κ3) is 4.64. The van der Waals surface area contributed by atoms with Crippen LogP contribution in [0.5, 0.6) is 5.75 Å². The Morgan fingerprint density at radius 3 is 1.57 bits per heavy atom. The van der Waals surface area contributed by atoms with Gasteiger partial charge in [-0.1, -0.05) is 31.2 Å². The highest BCUT2D eigenvalue weighted by Gasteiger charge is 2.31. The van der Waals surface area contributed by atoms with Gasteiger partial charge < -0.3 is 4.74 Å². The first kappa shape index (κ1) is 17.2. The number of alkyl halides is 6. The summed E-state index contributed by atoms with van der Waals surface area (Å²) in [5.74, 6) is 0.277. The first-order chi connectivity index (χ1) is 10.6. The van der Waals surface area contributed by atoms with Gasteiger partial charge in [-0.05, 0) is 35.4 Å². The van der Waals surface area contributed by atoms with E-state index in [1.54, 1.807) is 6.92 Å². The largest absolute Gasteiger partial charge is 0.573 e. The van der Waals surface area contributed by atoms with E-state index in [1.807, 2.05) is 0 Å². The van der Waals surface area contributed by atoms with Crippen LogP contribution in [-0.2, 0) is 6.18 Å². The topological polar surface area (TPSA) is 9.23 Å². The van der Waals surface area contributed by atoms with Crippen LogP contribution in [0.1, 0.15) is 23.6 Å². The Bertz CT molecular complexity index is 640. The molecule has 0 unspecified atom stereocenters. The molecule has 2 aromatic carbocycles. The molecule has 1 radical (unpaired) electrons. The van der Waals surface area contributed by atoms with Crippen molar-refractivity contribution < 1.29 is 31.1 Å². The van der Waals surface area contributed by atoms with Crippen LogP contribution in [0, 0.1) is 5.92 Å². The highest BCUT2D eigenvalue weighted by atomic mass is 19.4. The van der Waals surface area contributed by atoms with Gasteiger partial charge in [0.1, 0.15) is 5.75 Å². The number of ether oxygens (including phenoxy) is 1. The quantitative estimate of drug-likeness (QED) is 0.665. The highest BCUT2D eigenvalue weighted by molar-refractivity contribution is 5.46. The third-order valence-corrected chi connectivity index (χ3v) is 3.17. The molecule has 0 atom stereocenters. The molecule has 0 aliphatic carbocycles. The van der Waals surface area contributed by atoms with Crippen molar-refractivity contribution in [2.45, 2.75) is 19.5 Å². The molecule has 0 spiro atoms. The van der Waals surface area contributed by atoms with E-state index in [4.69, 9.17) is 0 Å². The number of hydrogen-bond acceptors (Lipinski definition) is 1. The van der Waals surface area contributed by atoms with Crippen molar-refractivity contribution in [3.05, 3.63) is 71.1 Å². The molecule has 7 heteroatoms. The van der Waals surface area contributed by atoms with Crippen LogP contribution >= 0.6 is 0 Å². The molecule has 0 heterocycles. The molecule has 0 bridgehead atoms. The van der Waals surface area contributed by atoms with E-state index >= 15 is 0 Å². The fourth-order valence-electron chi connectivity index (χ4n) is 1.98. The van der Waals surface area contributed by atoms with Gasteiger partial charge in [0.2, 0.25) is 0 Å². The van der Waals surface area contributed by atoms with Crippen LogP contribution < -0.4 is 4.74 Å². The average Bonchev–Trinajstić information content (AvgIpc) is 2.45. The molecule has 0 saturated carbocycles. The second-order valence-electron chi connectivity index (χ2n) is 4.77. The number of rotatable bonds is 3. The summed E-state index contributed by atoms with van der Waals surface area (Å²) in [6, 6.07) is 9.67. The van der Waals surface area contributed by atoms with Gasteiger partial charge >= 0.3 is 12.5 Å². The zero-order valence-electron chi connectivity index (χ0n) is 11.8. The van der Waals surface area contributed by atoms with Crippen LogP contribution in [-0.4, -0.2) is 6.36 Å². The zero-order valence-corrected chi connectivity index (χ0v) is 11.8. The Balaban J connectivity index is 2.15. The summed E-state index contributed by atoms with van der Waals surface area (Å²) in [6.45, 7) is 1.67. The summed E-state index contributed by atoms with van der Waals surface area (Å²) in [5.41, 5.74) is 0.366. The zero-order chi connectivity index (χ0) is 17.3. The van der Waals surface area contributed by atoms with Crippen molar-refractivity contribution >= 4 is 0 Å². The van der Waals surface area contributed by atoms with Gasteiger partial charge in [0.05, 0.1) is 5.56 Å². The van der Waals surface area contributed by atoms with Crippen LogP contribution in [0.3, 0.4) is 0 Å². The van der Waals surface area contributed by atoms with Gasteiger partial charge in [-0.15, -0.1) is 13.2 Å². The van der Waals surface area contributed by atoms with E-state index in [0.29, 0.717) is 17.0 Å². The minimum absolute atomic E-state index is 0.360. The number of hydrogen-bond donors (Lipinski definition) is 0. The predicted molar refractivity (Wildman–Crippen MR) is 71.7 cm³/mol. The summed E-state index contributed by atoms with van der Waals surface area (Å²) in [4.78, 5) is 0. The lowest BCUT2D eigenvalue weighted by Crippen LogP contribution is -2.17. The Morgan fingerprint density at radius 2 is 1.17 bits per heavy atom. The van der Waals surface area contributed by atoms with E-state index in [-0.39, 0.29) is 5.75 Å². The van der Waals surface area contributed by atoms with Gasteiger partial charge in [-0.2, -0.15) is 13.2 Å². The second-order valence-corrected chi connectivity index (χ2v) is 4.77. The van der Waals surface area contributed by atoms with Crippen molar-refractivity contribution in [2.24, 2.45) is 0 Å². The Hall–Kier alpha value is -2.18. The van der Waals surface area contributed by atoms with Gasteiger partial charge in [0.15, 0.2) is 0 Å². The number of benzene rings is 2. The van der Waals surface area contributed by atoms with Crippen molar-refractivity contribution in [3.8, 4) is 5.75 Å². The van der Waals surface area contributed by atoms with Gasteiger partial charge in [-0.25, -0.2) is 0 Å². The maximum absolute atomic E-state index is 12.5. The Labute approximate surface area is 128 Å². The molecule has 23 heavy (non-hydrogen) atoms. The molecule has 0 saturated heterocycles. The number of halogens is 6. The van der Waals surface area contributed by atoms with Crippen LogP contribution in [0.25, 0.3) is 0 Å². The third-order valence-electron chi connectivity index (χ3n) is 3.17. The van der Waals surface area contributed by atoms with Gasteiger partial charge in [0.25, 0.3) is 0 Å². The van der Waals surface area contributed by atoms with E-state index in [2.05, 4.69) is 4.74 Å². The molecule has 0 fully saturated rings. The van der Waals surface area contributed by atoms with Crippen molar-refractivity contribution in [3.63, 3.8) is 0 Å². The predicted octanol–water partition coefficient (Wildman–Crippen LogP) is 5.59. The summed E-state index contributed by atoms with van der Waals surface area (Å²) < 4.78 is 77.5. The fourth-order valence-corrected chi connectivity index (χ4v) is 1.98. The van der Waals surface area contributed by atoms with Gasteiger partial charge in [0, 0.05) is 5.92 Å².